The zero-order valence-electron chi connectivity index (χ0n) is 33.8. The number of nitrogens with one attached hydrogen (secondary N) is 6. The molecule has 0 fully saturated rings. The maximum atomic E-state index is 14.1. The Bertz CT molecular complexity index is 2320. The summed E-state index contributed by atoms with van der Waals surface area (Å²) in [5.74, 6) is -5.58. The van der Waals surface area contributed by atoms with Crippen molar-refractivity contribution in [2.75, 3.05) is 37.4 Å². The summed E-state index contributed by atoms with van der Waals surface area (Å²) in [6, 6.07) is 4.73. The maximum absolute atomic E-state index is 14.1. The number of unbranched alkanes of at least 4 members (excludes halogenated alkanes) is 1. The predicted octanol–water partition coefficient (Wildman–Crippen LogP) is -1.23. The first-order chi connectivity index (χ1) is 29.9. The Labute approximate surface area is 364 Å². The number of aromatic nitrogens is 2. The van der Waals surface area contributed by atoms with Crippen LogP contribution in [0.15, 0.2) is 63.0 Å². The molecule has 338 valence electrons. The minimum Gasteiger partial charge on any atom is -0.481 e. The number of carboxylic acid groups (broad SMARTS) is 1. The van der Waals surface area contributed by atoms with E-state index in [0.717, 1.165) is 16.2 Å². The third-order valence-electron chi connectivity index (χ3n) is 9.07. The van der Waals surface area contributed by atoms with E-state index < -0.39 is 82.6 Å². The Morgan fingerprint density at radius 3 is 2.44 bits per heavy atom. The fourth-order valence-electron chi connectivity index (χ4n) is 5.97. The summed E-state index contributed by atoms with van der Waals surface area (Å²) in [6.45, 7) is -0.407. The van der Waals surface area contributed by atoms with Crippen LogP contribution in [0.3, 0.4) is 0 Å². The number of hydrazone groups is 1. The molecule has 26 heteroatoms. The summed E-state index contributed by atoms with van der Waals surface area (Å²) in [7, 11) is -3.12. The molecule has 0 unspecified atom stereocenters. The zero-order chi connectivity index (χ0) is 46.1. The van der Waals surface area contributed by atoms with Crippen molar-refractivity contribution in [2.24, 2.45) is 21.6 Å². The lowest BCUT2D eigenvalue weighted by Gasteiger charge is -2.31. The lowest BCUT2D eigenvalue weighted by atomic mass is 10.0. The molecule has 3 atom stereocenters. The van der Waals surface area contributed by atoms with E-state index in [4.69, 9.17) is 11.5 Å². The van der Waals surface area contributed by atoms with Crippen LogP contribution in [0.1, 0.15) is 60.1 Å². The molecular weight excluding hydrogens is 867 g/mol. The SMILES string of the molecule is CN1C(=O)[C@@H](CCCCNC(=O)c2ccc(N/N=C/c3ccccc3S(=O)(=O)O)nc2)NC(=O)Cc2csc(n2)NC(=O)[C@H](CC(=O)O)NC(=O)CNC(=O)[C@@H]1CCCN=C(N)N. The number of likely N-dealkylation sites (N-methyl/N-ethyl adjacent to an activating group) is 1. The maximum Gasteiger partial charge on any atom is 0.305 e. The quantitative estimate of drug-likeness (QED) is 0.0264. The molecule has 24 nitrogen and oxygen atoms in total. The van der Waals surface area contributed by atoms with Gasteiger partial charge < -0.3 is 48.1 Å². The molecule has 0 aliphatic carbocycles. The molecule has 2 bridgehead atoms. The van der Waals surface area contributed by atoms with Crippen molar-refractivity contribution in [3.8, 4) is 0 Å². The third kappa shape index (κ3) is 15.7. The van der Waals surface area contributed by atoms with Crippen LogP contribution in [-0.4, -0.2) is 131 Å². The van der Waals surface area contributed by atoms with E-state index in [1.807, 2.05) is 0 Å². The van der Waals surface area contributed by atoms with E-state index in [0.29, 0.717) is 12.8 Å². The Morgan fingerprint density at radius 2 is 1.75 bits per heavy atom. The number of thiazole rings is 1. The van der Waals surface area contributed by atoms with Gasteiger partial charge in [-0.3, -0.25) is 48.5 Å². The number of anilines is 2. The molecule has 2 aromatic heterocycles. The van der Waals surface area contributed by atoms with Crippen molar-refractivity contribution in [3.05, 3.63) is 64.8 Å². The van der Waals surface area contributed by atoms with Gasteiger partial charge in [0, 0.05) is 37.3 Å². The van der Waals surface area contributed by atoms with Gasteiger partial charge in [-0.25, -0.2) is 9.97 Å². The van der Waals surface area contributed by atoms with Crippen molar-refractivity contribution in [3.63, 3.8) is 0 Å². The van der Waals surface area contributed by atoms with E-state index in [-0.39, 0.29) is 77.4 Å². The van der Waals surface area contributed by atoms with Crippen LogP contribution >= 0.6 is 11.3 Å². The van der Waals surface area contributed by atoms with Crippen molar-refractivity contribution >= 4 is 86.0 Å². The second kappa shape index (κ2) is 23.2. The molecule has 3 heterocycles. The monoisotopic (exact) mass is 913 g/mol. The molecule has 4 rings (SSSR count). The van der Waals surface area contributed by atoms with E-state index in [1.165, 1.54) is 55.2 Å². The topological polar surface area (TPSA) is 372 Å². The van der Waals surface area contributed by atoms with Crippen LogP contribution in [0, 0.1) is 0 Å². The molecule has 1 aromatic carbocycles. The number of aliphatic carboxylic acids is 1. The molecule has 63 heavy (non-hydrogen) atoms. The summed E-state index contributed by atoms with van der Waals surface area (Å²) in [4.78, 5) is 104. The first kappa shape index (κ1) is 48.6. The molecular formula is C37H47N13O11S2. The van der Waals surface area contributed by atoms with Crippen molar-refractivity contribution in [2.45, 2.75) is 68.0 Å². The van der Waals surface area contributed by atoms with Gasteiger partial charge in [-0.2, -0.15) is 13.5 Å². The third-order valence-corrected chi connectivity index (χ3v) is 10.8. The van der Waals surface area contributed by atoms with Gasteiger partial charge in [0.15, 0.2) is 11.1 Å². The highest BCUT2D eigenvalue weighted by Crippen LogP contribution is 2.18. The normalized spacial score (nSPS) is 18.0. The van der Waals surface area contributed by atoms with Gasteiger partial charge in [0.2, 0.25) is 29.5 Å². The number of pyridine rings is 1. The van der Waals surface area contributed by atoms with Gasteiger partial charge in [0.1, 0.15) is 28.8 Å². The Balaban J connectivity index is 1.42. The summed E-state index contributed by atoms with van der Waals surface area (Å²) in [5.41, 5.74) is 14.0. The highest BCUT2D eigenvalue weighted by molar-refractivity contribution is 7.86. The van der Waals surface area contributed by atoms with E-state index >= 15 is 0 Å². The summed E-state index contributed by atoms with van der Waals surface area (Å²) in [5, 5.41) is 27.4. The van der Waals surface area contributed by atoms with Crippen LogP contribution in [0.5, 0.6) is 0 Å². The first-order valence-electron chi connectivity index (χ1n) is 19.2. The molecule has 6 amide bonds. The molecule has 12 N–H and O–H groups in total. The van der Waals surface area contributed by atoms with E-state index in [1.54, 1.807) is 6.07 Å². The van der Waals surface area contributed by atoms with Gasteiger partial charge in [-0.05, 0) is 50.3 Å². The van der Waals surface area contributed by atoms with Gasteiger partial charge in [0.05, 0.1) is 36.9 Å². The number of amides is 6. The lowest BCUT2D eigenvalue weighted by Crippen LogP contribution is -2.55. The van der Waals surface area contributed by atoms with Crippen LogP contribution < -0.4 is 43.5 Å². The summed E-state index contributed by atoms with van der Waals surface area (Å²) >= 11 is 0.950. The summed E-state index contributed by atoms with van der Waals surface area (Å²) < 4.78 is 32.6. The van der Waals surface area contributed by atoms with Gasteiger partial charge >= 0.3 is 5.97 Å². The zero-order valence-corrected chi connectivity index (χ0v) is 35.4. The number of rotatable bonds is 16. The lowest BCUT2D eigenvalue weighted by molar-refractivity contribution is -0.142. The minimum atomic E-state index is -4.47. The molecule has 1 aliphatic rings. The number of carbonyl (C=O) groups excluding carboxylic acids is 6. The Hall–Kier alpha value is -7.06. The number of fused-ring (bicyclic) bond motifs is 2. The number of nitrogens with zero attached hydrogens (tertiary/aromatic N) is 5. The highest BCUT2D eigenvalue weighted by Gasteiger charge is 2.33. The molecule has 0 saturated carbocycles. The van der Waals surface area contributed by atoms with Crippen molar-refractivity contribution in [1.82, 2.24) is 36.1 Å². The van der Waals surface area contributed by atoms with Gasteiger partial charge in [0.25, 0.3) is 16.0 Å². The number of carboxylic acids is 1. The standard InChI is InChI=1S/C37H47N13O11S2/c1-50-26(9-6-14-41-36(38)39)34(57)43-19-30(52)47-25(16-31(53)54)33(56)48-37-45-23(20-62-37)15-29(51)46-24(35(50)58)8-4-5-13-40-32(55)22-11-12-28(42-17-22)49-44-18-21-7-2-3-10-27(21)63(59,60)61/h2-3,7,10-12,17-18,20,24-26H,4-6,8-9,13-16,19H2,1H3,(H,40,55)(H,42,49)(H,43,57)(H,46,51)(H,47,52)(H,53,54)(H4,38,39,41)(H,45,48,56)(H,59,60,61)/b44-18+/t24-,25+,26+/m1/s1. The number of nitrogens with two attached hydrogens (primary N) is 2. The Kier molecular flexibility index (Phi) is 17.9. The number of carbonyl (C=O) groups is 7. The fraction of sp³-hybridized carbons (Fsp3) is 0.378. The number of benzene rings is 1. The second-order valence-electron chi connectivity index (χ2n) is 13.8. The van der Waals surface area contributed by atoms with E-state index in [9.17, 15) is 51.6 Å². The molecule has 1 aliphatic heterocycles. The largest absolute Gasteiger partial charge is 0.481 e. The fourth-order valence-corrected chi connectivity index (χ4v) is 7.36. The van der Waals surface area contributed by atoms with Gasteiger partial charge in [-0.15, -0.1) is 11.3 Å². The van der Waals surface area contributed by atoms with Crippen LogP contribution in [0.4, 0.5) is 10.9 Å². The van der Waals surface area contributed by atoms with Gasteiger partial charge in [-0.1, -0.05) is 18.2 Å². The number of aliphatic imine (C=N–C) groups is 1. The first-order valence-corrected chi connectivity index (χ1v) is 21.5. The second-order valence-corrected chi connectivity index (χ2v) is 16.1. The van der Waals surface area contributed by atoms with E-state index in [2.05, 4.69) is 52.1 Å². The van der Waals surface area contributed by atoms with Crippen LogP contribution in [-0.2, 0) is 45.3 Å². The molecule has 0 radical (unpaired) electrons. The smallest absolute Gasteiger partial charge is 0.305 e. The number of hydrogen-bond donors (Lipinski definition) is 10. The van der Waals surface area contributed by atoms with Crippen molar-refractivity contribution < 1.29 is 51.6 Å². The number of hydrogen-bond acceptors (Lipinski definition) is 15. The summed E-state index contributed by atoms with van der Waals surface area (Å²) in [6.07, 6.45) is 2.38. The van der Waals surface area contributed by atoms with Crippen LogP contribution in [0.25, 0.3) is 0 Å². The average molecular weight is 914 g/mol. The molecule has 3 aromatic rings. The molecule has 0 saturated heterocycles. The number of guanidine groups is 1. The predicted molar refractivity (Wildman–Crippen MR) is 228 cm³/mol. The average Bonchev–Trinajstić information content (AvgIpc) is 3.66. The van der Waals surface area contributed by atoms with Crippen molar-refractivity contribution in [1.29, 1.82) is 0 Å². The minimum absolute atomic E-state index is 0.0233. The van der Waals surface area contributed by atoms with Crippen LogP contribution in [0.2, 0.25) is 0 Å². The highest BCUT2D eigenvalue weighted by atomic mass is 32.2. The molecule has 0 spiro atoms. The Morgan fingerprint density at radius 1 is 1.00 bits per heavy atom.